The van der Waals surface area contributed by atoms with Crippen LogP contribution in [-0.4, -0.2) is 36.5 Å². The maximum absolute atomic E-state index is 12.1. The Morgan fingerprint density at radius 2 is 2.09 bits per heavy atom. The van der Waals surface area contributed by atoms with Crippen LogP contribution < -0.4 is 5.32 Å². The van der Waals surface area contributed by atoms with E-state index in [9.17, 15) is 4.79 Å². The van der Waals surface area contributed by atoms with E-state index in [1.165, 1.54) is 19.4 Å². The number of rotatable bonds is 7. The molecule has 0 aromatic carbocycles. The largest absolute Gasteiger partial charge is 0.466 e. The van der Waals surface area contributed by atoms with Crippen molar-refractivity contribution in [2.45, 2.75) is 64.3 Å². The van der Waals surface area contributed by atoms with E-state index in [-0.39, 0.29) is 5.91 Å². The van der Waals surface area contributed by atoms with Gasteiger partial charge in [0.2, 0.25) is 5.91 Å². The molecular weight excluding hydrogens is 288 g/mol. The molecule has 0 bridgehead atoms. The highest BCUT2D eigenvalue weighted by atomic mass is 16.3. The fourth-order valence-electron chi connectivity index (χ4n) is 3.60. The van der Waals surface area contributed by atoms with Crippen LogP contribution in [0.2, 0.25) is 0 Å². The van der Waals surface area contributed by atoms with Crippen molar-refractivity contribution < 1.29 is 9.21 Å². The lowest BCUT2D eigenvalue weighted by molar-refractivity contribution is -0.122. The van der Waals surface area contributed by atoms with Gasteiger partial charge in [0.15, 0.2) is 0 Å². The molecule has 0 unspecified atom stereocenters. The topological polar surface area (TPSA) is 45.5 Å². The van der Waals surface area contributed by atoms with Crippen molar-refractivity contribution in [3.63, 3.8) is 0 Å². The molecule has 0 spiro atoms. The van der Waals surface area contributed by atoms with Gasteiger partial charge in [-0.25, -0.2) is 0 Å². The summed E-state index contributed by atoms with van der Waals surface area (Å²) in [6.45, 7) is 7.88. The Bertz CT molecular complexity index is 517. The lowest BCUT2D eigenvalue weighted by Crippen LogP contribution is -2.44. The standard InChI is InChI=1S/C19H30N2O2/c1-3-10-21-11-8-15(9-12-21)20-19(22)7-5-16-4-6-18(23-16)17-13-14(17)2/h4,6,14-15,17H,3,5,7-13H2,1-2H3,(H,20,22)/t14-,17-/m1/s1. The number of nitrogens with zero attached hydrogens (tertiary/aromatic N) is 1. The number of hydrogen-bond acceptors (Lipinski definition) is 3. The van der Waals surface area contributed by atoms with Crippen LogP contribution in [0.4, 0.5) is 0 Å². The van der Waals surface area contributed by atoms with Crippen LogP contribution in [0, 0.1) is 5.92 Å². The van der Waals surface area contributed by atoms with Gasteiger partial charge in [0.05, 0.1) is 0 Å². The second-order valence-electron chi connectivity index (χ2n) is 7.31. The molecule has 4 nitrogen and oxygen atoms in total. The predicted octanol–water partition coefficient (Wildman–Crippen LogP) is 3.33. The van der Waals surface area contributed by atoms with Gasteiger partial charge in [-0.3, -0.25) is 4.79 Å². The summed E-state index contributed by atoms with van der Waals surface area (Å²) in [4.78, 5) is 14.6. The zero-order valence-electron chi connectivity index (χ0n) is 14.5. The molecule has 2 atom stereocenters. The van der Waals surface area contributed by atoms with E-state index in [0.29, 0.717) is 24.8 Å². The zero-order chi connectivity index (χ0) is 16.2. The highest BCUT2D eigenvalue weighted by Gasteiger charge is 2.36. The first-order valence-corrected chi connectivity index (χ1v) is 9.26. The minimum atomic E-state index is 0.164. The highest BCUT2D eigenvalue weighted by molar-refractivity contribution is 5.76. The fraction of sp³-hybridized carbons (Fsp3) is 0.737. The molecule has 1 saturated carbocycles. The summed E-state index contributed by atoms with van der Waals surface area (Å²) >= 11 is 0. The molecule has 1 aromatic rings. The van der Waals surface area contributed by atoms with E-state index < -0.39 is 0 Å². The molecule has 1 aliphatic heterocycles. The van der Waals surface area contributed by atoms with E-state index in [4.69, 9.17) is 4.42 Å². The molecule has 1 aromatic heterocycles. The average Bonchev–Trinajstić information content (AvgIpc) is 3.09. The Kier molecular flexibility index (Phi) is 5.42. The number of carbonyl (C=O) groups excluding carboxylic acids is 1. The SMILES string of the molecule is CCCN1CCC(NC(=O)CCc2ccc([C@@H]3C[C@H]3C)o2)CC1. The van der Waals surface area contributed by atoms with Gasteiger partial charge in [-0.2, -0.15) is 0 Å². The third kappa shape index (κ3) is 4.60. The normalized spacial score (nSPS) is 25.5. The number of aryl methyl sites for hydroxylation is 1. The molecule has 2 fully saturated rings. The van der Waals surface area contributed by atoms with E-state index in [2.05, 4.69) is 30.1 Å². The summed E-state index contributed by atoms with van der Waals surface area (Å²) in [6.07, 6.45) is 5.85. The van der Waals surface area contributed by atoms with E-state index in [0.717, 1.165) is 43.4 Å². The molecule has 3 rings (SSSR count). The van der Waals surface area contributed by atoms with Gasteiger partial charge in [0, 0.05) is 37.9 Å². The van der Waals surface area contributed by atoms with Crippen molar-refractivity contribution >= 4 is 5.91 Å². The van der Waals surface area contributed by atoms with Gasteiger partial charge in [0.1, 0.15) is 11.5 Å². The van der Waals surface area contributed by atoms with Crippen molar-refractivity contribution in [2.24, 2.45) is 5.92 Å². The first kappa shape index (κ1) is 16.6. The quantitative estimate of drug-likeness (QED) is 0.839. The van der Waals surface area contributed by atoms with E-state index >= 15 is 0 Å². The lowest BCUT2D eigenvalue weighted by atomic mass is 10.0. The third-order valence-corrected chi connectivity index (χ3v) is 5.25. The highest BCUT2D eigenvalue weighted by Crippen LogP contribution is 2.47. The molecule has 0 radical (unpaired) electrons. The number of furan rings is 1. The maximum Gasteiger partial charge on any atom is 0.220 e. The molecule has 128 valence electrons. The van der Waals surface area contributed by atoms with Crippen LogP contribution in [0.5, 0.6) is 0 Å². The van der Waals surface area contributed by atoms with Crippen molar-refractivity contribution in [1.82, 2.24) is 10.2 Å². The van der Waals surface area contributed by atoms with Gasteiger partial charge in [-0.15, -0.1) is 0 Å². The molecule has 1 N–H and O–H groups in total. The van der Waals surface area contributed by atoms with Crippen LogP contribution in [0.15, 0.2) is 16.5 Å². The molecule has 4 heteroatoms. The molecule has 1 amide bonds. The minimum Gasteiger partial charge on any atom is -0.466 e. The van der Waals surface area contributed by atoms with E-state index in [1.54, 1.807) is 0 Å². The summed E-state index contributed by atoms with van der Waals surface area (Å²) < 4.78 is 5.87. The first-order chi connectivity index (χ1) is 11.2. The first-order valence-electron chi connectivity index (χ1n) is 9.26. The number of carbonyl (C=O) groups is 1. The molecule has 1 aliphatic carbocycles. The molecule has 1 saturated heterocycles. The smallest absolute Gasteiger partial charge is 0.220 e. The monoisotopic (exact) mass is 318 g/mol. The Balaban J connectivity index is 1.36. The van der Waals surface area contributed by atoms with Crippen molar-refractivity contribution in [1.29, 1.82) is 0 Å². The molecular formula is C19H30N2O2. The summed E-state index contributed by atoms with van der Waals surface area (Å²) in [5, 5.41) is 3.19. The molecule has 23 heavy (non-hydrogen) atoms. The van der Waals surface area contributed by atoms with Crippen molar-refractivity contribution in [3.8, 4) is 0 Å². The number of nitrogens with one attached hydrogen (secondary N) is 1. The Hall–Kier alpha value is -1.29. The zero-order valence-corrected chi connectivity index (χ0v) is 14.5. The number of likely N-dealkylation sites (tertiary alicyclic amines) is 1. The van der Waals surface area contributed by atoms with Gasteiger partial charge >= 0.3 is 0 Å². The summed E-state index contributed by atoms with van der Waals surface area (Å²) in [5.41, 5.74) is 0. The fourth-order valence-corrected chi connectivity index (χ4v) is 3.60. The maximum atomic E-state index is 12.1. The number of hydrogen-bond donors (Lipinski definition) is 1. The van der Waals surface area contributed by atoms with Crippen LogP contribution in [0.3, 0.4) is 0 Å². The average molecular weight is 318 g/mol. The number of amides is 1. The second kappa shape index (κ2) is 7.52. The minimum absolute atomic E-state index is 0.164. The van der Waals surface area contributed by atoms with Gasteiger partial charge in [-0.05, 0) is 50.3 Å². The van der Waals surface area contributed by atoms with Crippen LogP contribution in [0.1, 0.15) is 63.4 Å². The Morgan fingerprint density at radius 3 is 2.74 bits per heavy atom. The summed E-state index contributed by atoms with van der Waals surface area (Å²) in [5.74, 6) is 3.60. The summed E-state index contributed by atoms with van der Waals surface area (Å²) in [7, 11) is 0. The number of piperidine rings is 1. The Morgan fingerprint density at radius 1 is 1.35 bits per heavy atom. The van der Waals surface area contributed by atoms with Crippen LogP contribution in [-0.2, 0) is 11.2 Å². The van der Waals surface area contributed by atoms with Crippen molar-refractivity contribution in [3.05, 3.63) is 23.7 Å². The molecule has 2 heterocycles. The Labute approximate surface area is 139 Å². The van der Waals surface area contributed by atoms with E-state index in [1.807, 2.05) is 6.07 Å². The third-order valence-electron chi connectivity index (χ3n) is 5.25. The van der Waals surface area contributed by atoms with Crippen LogP contribution >= 0.6 is 0 Å². The summed E-state index contributed by atoms with van der Waals surface area (Å²) in [6, 6.07) is 4.48. The van der Waals surface area contributed by atoms with Crippen LogP contribution in [0.25, 0.3) is 0 Å². The van der Waals surface area contributed by atoms with Gasteiger partial charge in [0.25, 0.3) is 0 Å². The van der Waals surface area contributed by atoms with Gasteiger partial charge < -0.3 is 14.6 Å². The lowest BCUT2D eigenvalue weighted by Gasteiger charge is -2.32. The molecule has 2 aliphatic rings. The predicted molar refractivity (Wildman–Crippen MR) is 91.4 cm³/mol. The van der Waals surface area contributed by atoms with Gasteiger partial charge in [-0.1, -0.05) is 13.8 Å². The van der Waals surface area contributed by atoms with Crippen molar-refractivity contribution in [2.75, 3.05) is 19.6 Å². The second-order valence-corrected chi connectivity index (χ2v) is 7.31.